The molecule has 0 aliphatic carbocycles. The van der Waals surface area contributed by atoms with Gasteiger partial charge in [0.25, 0.3) is 5.69 Å². The number of hydrogen-bond acceptors (Lipinski definition) is 7. The number of nitro groups is 1. The molecular weight excluding hydrogens is 472 g/mol. The number of nitro benzene ring substituents is 1. The Balaban J connectivity index is 1.51. The van der Waals surface area contributed by atoms with Crippen molar-refractivity contribution >= 4 is 28.4 Å². The van der Waals surface area contributed by atoms with Crippen LogP contribution in [0.2, 0.25) is 0 Å². The van der Waals surface area contributed by atoms with E-state index in [2.05, 4.69) is 17.5 Å². The van der Waals surface area contributed by atoms with Gasteiger partial charge in [-0.15, -0.1) is 0 Å². The molecule has 0 unspecified atom stereocenters. The maximum absolute atomic E-state index is 11.1. The number of hydrogen-bond donors (Lipinski definition) is 1. The molecule has 1 N–H and O–H groups in total. The van der Waals surface area contributed by atoms with E-state index in [1.54, 1.807) is 18.3 Å². The lowest BCUT2D eigenvalue weighted by atomic mass is 10.1. The number of aromatic nitrogens is 1. The highest BCUT2D eigenvalue weighted by molar-refractivity contribution is 7.19. The number of non-ortho nitro benzene ring substituents is 1. The quantitative estimate of drug-likeness (QED) is 0.0986. The number of benzene rings is 3. The lowest BCUT2D eigenvalue weighted by Crippen LogP contribution is -1.97. The van der Waals surface area contributed by atoms with E-state index in [0.29, 0.717) is 5.13 Å². The van der Waals surface area contributed by atoms with Crippen molar-refractivity contribution in [3.63, 3.8) is 0 Å². The van der Waals surface area contributed by atoms with Crippen molar-refractivity contribution in [2.45, 2.75) is 33.1 Å². The first-order valence-electron chi connectivity index (χ1n) is 11.9. The highest BCUT2D eigenvalue weighted by Crippen LogP contribution is 2.39. The SMILES string of the molecule is CCCCCOc1ccc(/C=N\Nc2nc(-c3ccc(C)cc3)c(-c3ccc([N+](=O)[O-])cc3)s2)cc1. The topological polar surface area (TPSA) is 89.7 Å². The molecular formula is C28H28N4O3S. The summed E-state index contributed by atoms with van der Waals surface area (Å²) in [6.45, 7) is 4.94. The van der Waals surface area contributed by atoms with Gasteiger partial charge >= 0.3 is 0 Å². The second kappa shape index (κ2) is 12.1. The molecule has 36 heavy (non-hydrogen) atoms. The second-order valence-electron chi connectivity index (χ2n) is 8.36. The van der Waals surface area contributed by atoms with E-state index in [4.69, 9.17) is 9.72 Å². The van der Waals surface area contributed by atoms with Gasteiger partial charge in [0.2, 0.25) is 5.13 Å². The number of thiazole rings is 1. The molecule has 0 spiro atoms. The minimum Gasteiger partial charge on any atom is -0.494 e. The van der Waals surface area contributed by atoms with Crippen LogP contribution in [0, 0.1) is 17.0 Å². The second-order valence-corrected chi connectivity index (χ2v) is 9.36. The summed E-state index contributed by atoms with van der Waals surface area (Å²) < 4.78 is 5.76. The molecule has 0 radical (unpaired) electrons. The third kappa shape index (κ3) is 6.55. The molecule has 0 atom stereocenters. The van der Waals surface area contributed by atoms with Crippen molar-refractivity contribution in [2.24, 2.45) is 5.10 Å². The number of hydrazone groups is 1. The van der Waals surface area contributed by atoms with Gasteiger partial charge in [-0.05, 0) is 60.9 Å². The number of nitrogens with zero attached hydrogens (tertiary/aromatic N) is 3. The zero-order chi connectivity index (χ0) is 25.3. The summed E-state index contributed by atoms with van der Waals surface area (Å²) in [4.78, 5) is 16.4. The molecule has 0 aliphatic rings. The van der Waals surface area contributed by atoms with Crippen LogP contribution in [0.15, 0.2) is 77.9 Å². The Kier molecular flexibility index (Phi) is 8.41. The lowest BCUT2D eigenvalue weighted by molar-refractivity contribution is -0.384. The van der Waals surface area contributed by atoms with E-state index in [1.807, 2.05) is 55.5 Å². The first-order valence-corrected chi connectivity index (χ1v) is 12.7. The van der Waals surface area contributed by atoms with E-state index in [9.17, 15) is 10.1 Å². The Labute approximate surface area is 214 Å². The molecule has 1 heterocycles. The van der Waals surface area contributed by atoms with Crippen LogP contribution < -0.4 is 10.2 Å². The van der Waals surface area contributed by atoms with Crippen LogP contribution in [-0.4, -0.2) is 22.7 Å². The summed E-state index contributed by atoms with van der Waals surface area (Å²) >= 11 is 1.45. The summed E-state index contributed by atoms with van der Waals surface area (Å²) in [5.74, 6) is 0.853. The number of unbranched alkanes of at least 4 members (excludes halogenated alkanes) is 2. The van der Waals surface area contributed by atoms with Crippen molar-refractivity contribution in [3.8, 4) is 27.4 Å². The average Bonchev–Trinajstić information content (AvgIpc) is 3.32. The monoisotopic (exact) mass is 500 g/mol. The van der Waals surface area contributed by atoms with Crippen LogP contribution in [0.4, 0.5) is 10.8 Å². The Hall–Kier alpha value is -4.04. The van der Waals surface area contributed by atoms with E-state index in [0.717, 1.165) is 51.6 Å². The summed E-state index contributed by atoms with van der Waals surface area (Å²) in [5.41, 5.74) is 7.82. The summed E-state index contributed by atoms with van der Waals surface area (Å²) in [6, 6.07) is 22.5. The van der Waals surface area contributed by atoms with Crippen LogP contribution >= 0.6 is 11.3 Å². The van der Waals surface area contributed by atoms with E-state index in [-0.39, 0.29) is 5.69 Å². The highest BCUT2D eigenvalue weighted by Gasteiger charge is 2.16. The van der Waals surface area contributed by atoms with Gasteiger partial charge in [-0.2, -0.15) is 5.10 Å². The first-order chi connectivity index (χ1) is 17.5. The van der Waals surface area contributed by atoms with Gasteiger partial charge in [-0.3, -0.25) is 15.5 Å². The zero-order valence-electron chi connectivity index (χ0n) is 20.3. The first kappa shape index (κ1) is 25.1. The summed E-state index contributed by atoms with van der Waals surface area (Å²) in [7, 11) is 0. The molecule has 0 aliphatic heterocycles. The van der Waals surface area contributed by atoms with Crippen LogP contribution in [0.1, 0.15) is 37.3 Å². The predicted molar refractivity (Wildman–Crippen MR) is 147 cm³/mol. The van der Waals surface area contributed by atoms with Crippen molar-refractivity contribution in [1.29, 1.82) is 0 Å². The van der Waals surface area contributed by atoms with Gasteiger partial charge in [0.1, 0.15) is 5.75 Å². The van der Waals surface area contributed by atoms with Crippen molar-refractivity contribution < 1.29 is 9.66 Å². The van der Waals surface area contributed by atoms with Crippen LogP contribution in [0.3, 0.4) is 0 Å². The fourth-order valence-corrected chi connectivity index (χ4v) is 4.50. The Morgan fingerprint density at radius 3 is 2.36 bits per heavy atom. The van der Waals surface area contributed by atoms with Crippen LogP contribution in [-0.2, 0) is 0 Å². The number of anilines is 1. The van der Waals surface area contributed by atoms with Gasteiger partial charge in [-0.1, -0.05) is 60.9 Å². The minimum atomic E-state index is -0.399. The number of ether oxygens (including phenoxy) is 1. The molecule has 3 aromatic carbocycles. The zero-order valence-corrected chi connectivity index (χ0v) is 21.1. The normalized spacial score (nSPS) is 11.1. The van der Waals surface area contributed by atoms with Gasteiger partial charge in [0, 0.05) is 17.7 Å². The van der Waals surface area contributed by atoms with Gasteiger partial charge in [-0.25, -0.2) is 4.98 Å². The minimum absolute atomic E-state index is 0.0560. The van der Waals surface area contributed by atoms with Crippen LogP contribution in [0.5, 0.6) is 5.75 Å². The summed E-state index contributed by atoms with van der Waals surface area (Å²) in [6.07, 6.45) is 5.14. The number of rotatable bonds is 11. The molecule has 1 aromatic heterocycles. The highest BCUT2D eigenvalue weighted by atomic mass is 32.1. The Morgan fingerprint density at radius 2 is 1.69 bits per heavy atom. The van der Waals surface area contributed by atoms with E-state index < -0.39 is 4.92 Å². The molecule has 184 valence electrons. The third-order valence-electron chi connectivity index (χ3n) is 5.56. The van der Waals surface area contributed by atoms with Gasteiger partial charge < -0.3 is 4.74 Å². The fraction of sp³-hybridized carbons (Fsp3) is 0.214. The molecule has 0 saturated heterocycles. The standard InChI is InChI=1S/C28H28N4O3S/c1-3-4-5-18-35-25-16-8-21(9-17-25)19-29-31-28-30-26(22-10-6-20(2)7-11-22)27(36-28)23-12-14-24(15-13-23)32(33)34/h6-17,19H,3-5,18H2,1-2H3,(H,30,31)/b29-19-. The summed E-state index contributed by atoms with van der Waals surface area (Å²) in [5, 5.41) is 16.1. The van der Waals surface area contributed by atoms with Gasteiger partial charge in [0.05, 0.1) is 28.3 Å². The molecule has 0 saturated carbocycles. The van der Waals surface area contributed by atoms with Crippen molar-refractivity contribution in [1.82, 2.24) is 4.98 Å². The smallest absolute Gasteiger partial charge is 0.269 e. The Bertz CT molecular complexity index is 1310. The van der Waals surface area contributed by atoms with Crippen LogP contribution in [0.25, 0.3) is 21.7 Å². The molecule has 7 nitrogen and oxygen atoms in total. The molecule has 4 rings (SSSR count). The van der Waals surface area contributed by atoms with Crippen molar-refractivity contribution in [2.75, 3.05) is 12.0 Å². The molecule has 8 heteroatoms. The van der Waals surface area contributed by atoms with E-state index >= 15 is 0 Å². The largest absolute Gasteiger partial charge is 0.494 e. The maximum Gasteiger partial charge on any atom is 0.269 e. The lowest BCUT2D eigenvalue weighted by Gasteiger charge is -2.05. The molecule has 0 bridgehead atoms. The molecule has 0 fully saturated rings. The van der Waals surface area contributed by atoms with Gasteiger partial charge in [0.15, 0.2) is 0 Å². The van der Waals surface area contributed by atoms with E-state index in [1.165, 1.54) is 36.3 Å². The fourth-order valence-electron chi connectivity index (χ4n) is 3.56. The number of aryl methyl sites for hydroxylation is 1. The third-order valence-corrected chi connectivity index (χ3v) is 6.57. The Morgan fingerprint density at radius 1 is 1.00 bits per heavy atom. The maximum atomic E-state index is 11.1. The molecule has 0 amide bonds. The van der Waals surface area contributed by atoms with Crippen molar-refractivity contribution in [3.05, 3.63) is 94.0 Å². The molecule has 4 aromatic rings. The number of nitrogens with one attached hydrogen (secondary N) is 1. The predicted octanol–water partition coefficient (Wildman–Crippen LogP) is 7.71. The average molecular weight is 501 g/mol.